The fraction of sp³-hybridized carbons (Fsp3) is 0.0625. The van der Waals surface area contributed by atoms with Crippen LogP contribution in [-0.4, -0.2) is 26.0 Å². The zero-order valence-corrected chi connectivity index (χ0v) is 12.2. The molecule has 0 saturated carbocycles. The minimum Gasteiger partial charge on any atom is -0.478 e. The fourth-order valence-electron chi connectivity index (χ4n) is 2.40. The lowest BCUT2D eigenvalue weighted by atomic mass is 10.1. The summed E-state index contributed by atoms with van der Waals surface area (Å²) in [4.78, 5) is 40.5. The zero-order valence-electron chi connectivity index (χ0n) is 12.2. The molecule has 0 unspecified atom stereocenters. The van der Waals surface area contributed by atoms with Crippen LogP contribution in [-0.2, 0) is 6.42 Å². The van der Waals surface area contributed by atoms with Gasteiger partial charge in [-0.3, -0.25) is 14.9 Å². The van der Waals surface area contributed by atoms with Crippen molar-refractivity contribution in [2.45, 2.75) is 6.42 Å². The van der Waals surface area contributed by atoms with E-state index in [-0.39, 0.29) is 23.4 Å². The molecule has 0 spiro atoms. The van der Waals surface area contributed by atoms with Crippen LogP contribution >= 0.6 is 0 Å². The maximum atomic E-state index is 12.2. The summed E-state index contributed by atoms with van der Waals surface area (Å²) < 4.78 is 0. The average Bonchev–Trinajstić information content (AvgIpc) is 2.55. The highest BCUT2D eigenvalue weighted by Gasteiger charge is 2.16. The van der Waals surface area contributed by atoms with Crippen molar-refractivity contribution in [3.05, 3.63) is 79.8 Å². The number of benzene rings is 2. The zero-order chi connectivity index (χ0) is 17.3. The summed E-state index contributed by atoms with van der Waals surface area (Å²) in [5, 5.41) is 20.0. The maximum Gasteiger partial charge on any atom is 0.335 e. The largest absolute Gasteiger partial charge is 0.478 e. The lowest BCUT2D eigenvalue weighted by molar-refractivity contribution is -0.385. The van der Waals surface area contributed by atoms with Gasteiger partial charge in [-0.25, -0.2) is 9.78 Å². The normalized spacial score (nSPS) is 10.7. The summed E-state index contributed by atoms with van der Waals surface area (Å²) in [5.41, 5.74) is 0.649. The van der Waals surface area contributed by atoms with Gasteiger partial charge in [-0.2, -0.15) is 0 Å². The van der Waals surface area contributed by atoms with Crippen molar-refractivity contribution in [1.82, 2.24) is 9.97 Å². The number of carboxylic acids is 1. The number of nitrogens with one attached hydrogen (secondary N) is 1. The minimum absolute atomic E-state index is 0.00308. The molecule has 3 rings (SSSR count). The summed E-state index contributed by atoms with van der Waals surface area (Å²) in [6.07, 6.45) is 0.00308. The molecule has 0 aliphatic carbocycles. The Hall–Kier alpha value is -3.55. The highest BCUT2D eigenvalue weighted by Crippen LogP contribution is 2.20. The number of aromatic carboxylic acids is 1. The van der Waals surface area contributed by atoms with Gasteiger partial charge in [-0.05, 0) is 18.2 Å². The minimum atomic E-state index is -1.11. The number of carbonyl (C=O) groups is 1. The molecule has 120 valence electrons. The molecule has 0 fully saturated rings. The number of aromatic nitrogens is 2. The number of fused-ring (bicyclic) bond motifs is 1. The molecular weight excluding hydrogens is 314 g/mol. The number of nitro groups is 1. The maximum absolute atomic E-state index is 12.2. The van der Waals surface area contributed by atoms with Crippen LogP contribution in [0.2, 0.25) is 0 Å². The van der Waals surface area contributed by atoms with Gasteiger partial charge in [0.05, 0.1) is 21.5 Å². The Morgan fingerprint density at radius 3 is 2.71 bits per heavy atom. The number of hydrogen-bond acceptors (Lipinski definition) is 5. The molecule has 8 nitrogen and oxygen atoms in total. The number of nitro benzene ring substituents is 1. The SMILES string of the molecule is O=C(O)c1ccc2nc(Cc3ccccc3[N+](=O)[O-])c(=O)[nH]c2c1. The van der Waals surface area contributed by atoms with E-state index in [1.807, 2.05) is 0 Å². The van der Waals surface area contributed by atoms with Crippen LogP contribution in [0, 0.1) is 10.1 Å². The van der Waals surface area contributed by atoms with Crippen LogP contribution in [0.15, 0.2) is 47.3 Å². The van der Waals surface area contributed by atoms with Crippen molar-refractivity contribution in [2.75, 3.05) is 0 Å². The first-order valence-electron chi connectivity index (χ1n) is 6.94. The molecule has 0 radical (unpaired) electrons. The number of hydrogen-bond donors (Lipinski definition) is 2. The van der Waals surface area contributed by atoms with Gasteiger partial charge in [0.2, 0.25) is 0 Å². The van der Waals surface area contributed by atoms with E-state index in [9.17, 15) is 19.7 Å². The third-order valence-electron chi connectivity index (χ3n) is 3.56. The molecule has 0 amide bonds. The first-order valence-corrected chi connectivity index (χ1v) is 6.94. The number of aromatic amines is 1. The van der Waals surface area contributed by atoms with Gasteiger partial charge < -0.3 is 10.1 Å². The lowest BCUT2D eigenvalue weighted by Gasteiger charge is -2.04. The molecule has 0 aliphatic rings. The smallest absolute Gasteiger partial charge is 0.335 e. The molecule has 2 N–H and O–H groups in total. The Morgan fingerprint density at radius 1 is 1.25 bits per heavy atom. The van der Waals surface area contributed by atoms with Crippen molar-refractivity contribution in [3.63, 3.8) is 0 Å². The first-order chi connectivity index (χ1) is 11.5. The van der Waals surface area contributed by atoms with E-state index in [4.69, 9.17) is 5.11 Å². The molecule has 0 saturated heterocycles. The van der Waals surface area contributed by atoms with E-state index < -0.39 is 16.5 Å². The number of H-pyrrole nitrogens is 1. The van der Waals surface area contributed by atoms with Crippen molar-refractivity contribution >= 4 is 22.7 Å². The monoisotopic (exact) mass is 325 g/mol. The van der Waals surface area contributed by atoms with Crippen molar-refractivity contribution in [2.24, 2.45) is 0 Å². The van der Waals surface area contributed by atoms with Crippen LogP contribution < -0.4 is 5.56 Å². The summed E-state index contributed by atoms with van der Waals surface area (Å²) in [5.74, 6) is -1.11. The van der Waals surface area contributed by atoms with Crippen LogP contribution in [0.25, 0.3) is 11.0 Å². The molecule has 2 aromatic carbocycles. The Labute approximate surface area is 134 Å². The molecule has 3 aromatic rings. The number of rotatable bonds is 4. The summed E-state index contributed by atoms with van der Waals surface area (Å²) in [7, 11) is 0. The second-order valence-corrected chi connectivity index (χ2v) is 5.11. The van der Waals surface area contributed by atoms with Gasteiger partial charge in [0.25, 0.3) is 11.2 Å². The van der Waals surface area contributed by atoms with Crippen LogP contribution in [0.4, 0.5) is 5.69 Å². The molecule has 24 heavy (non-hydrogen) atoms. The summed E-state index contributed by atoms with van der Waals surface area (Å²) in [6, 6.07) is 10.3. The molecule has 8 heteroatoms. The Morgan fingerprint density at radius 2 is 2.00 bits per heavy atom. The molecule has 1 aromatic heterocycles. The van der Waals surface area contributed by atoms with E-state index in [0.29, 0.717) is 16.6 Å². The number of nitrogens with zero attached hydrogens (tertiary/aromatic N) is 2. The predicted molar refractivity (Wildman–Crippen MR) is 85.2 cm³/mol. The topological polar surface area (TPSA) is 126 Å². The molecule has 0 bridgehead atoms. The van der Waals surface area contributed by atoms with E-state index in [0.717, 1.165) is 0 Å². The van der Waals surface area contributed by atoms with Gasteiger partial charge >= 0.3 is 5.97 Å². The van der Waals surface area contributed by atoms with E-state index in [1.165, 1.54) is 24.3 Å². The van der Waals surface area contributed by atoms with Crippen molar-refractivity contribution in [1.29, 1.82) is 0 Å². The Balaban J connectivity index is 2.07. The van der Waals surface area contributed by atoms with Gasteiger partial charge in [0.15, 0.2) is 0 Å². The number of carboxylic acid groups (broad SMARTS) is 1. The standard InChI is InChI=1S/C16H11N3O5/c20-15-13(7-9-3-1-2-4-14(9)19(23)24)17-11-6-5-10(16(21)22)8-12(11)18-15/h1-6,8H,7H2,(H,18,20)(H,21,22). The highest BCUT2D eigenvalue weighted by atomic mass is 16.6. The molecule has 1 heterocycles. The highest BCUT2D eigenvalue weighted by molar-refractivity contribution is 5.92. The van der Waals surface area contributed by atoms with Crippen molar-refractivity contribution in [3.8, 4) is 0 Å². The number of para-hydroxylation sites is 1. The van der Waals surface area contributed by atoms with Crippen LogP contribution in [0.3, 0.4) is 0 Å². The van der Waals surface area contributed by atoms with Gasteiger partial charge in [-0.15, -0.1) is 0 Å². The lowest BCUT2D eigenvalue weighted by Crippen LogP contribution is -2.16. The fourth-order valence-corrected chi connectivity index (χ4v) is 2.40. The van der Waals surface area contributed by atoms with Gasteiger partial charge in [0.1, 0.15) is 5.69 Å². The van der Waals surface area contributed by atoms with Crippen LogP contribution in [0.5, 0.6) is 0 Å². The van der Waals surface area contributed by atoms with E-state index >= 15 is 0 Å². The van der Waals surface area contributed by atoms with E-state index in [1.54, 1.807) is 18.2 Å². The molecule has 0 aliphatic heterocycles. The second-order valence-electron chi connectivity index (χ2n) is 5.11. The average molecular weight is 325 g/mol. The molecular formula is C16H11N3O5. The third-order valence-corrected chi connectivity index (χ3v) is 3.56. The van der Waals surface area contributed by atoms with Gasteiger partial charge in [0, 0.05) is 18.1 Å². The predicted octanol–water partition coefficient (Wildman–Crippen LogP) is 2.12. The summed E-state index contributed by atoms with van der Waals surface area (Å²) in [6.45, 7) is 0. The summed E-state index contributed by atoms with van der Waals surface area (Å²) >= 11 is 0. The van der Waals surface area contributed by atoms with E-state index in [2.05, 4.69) is 9.97 Å². The van der Waals surface area contributed by atoms with Crippen molar-refractivity contribution < 1.29 is 14.8 Å². The Kier molecular flexibility index (Phi) is 3.78. The van der Waals surface area contributed by atoms with Gasteiger partial charge in [-0.1, -0.05) is 18.2 Å². The van der Waals surface area contributed by atoms with Crippen LogP contribution in [0.1, 0.15) is 21.6 Å². The quantitative estimate of drug-likeness (QED) is 0.559. The third kappa shape index (κ3) is 2.84. The molecule has 0 atom stereocenters. The first kappa shape index (κ1) is 15.3. The second kappa shape index (κ2) is 5.92. The Bertz CT molecular complexity index is 1030.